The topological polar surface area (TPSA) is 104 Å². The number of anilines is 1. The van der Waals surface area contributed by atoms with Crippen molar-refractivity contribution in [1.29, 1.82) is 0 Å². The van der Waals surface area contributed by atoms with E-state index in [9.17, 15) is 27.9 Å². The Kier molecular flexibility index (Phi) is 9.32. The molecule has 2 atom stereocenters. The van der Waals surface area contributed by atoms with Gasteiger partial charge in [-0.1, -0.05) is 61.5 Å². The maximum atomic E-state index is 13.3. The molecule has 0 aliphatic heterocycles. The lowest BCUT2D eigenvalue weighted by molar-refractivity contribution is -0.137. The molecule has 2 amide bonds. The first-order valence-corrected chi connectivity index (χ1v) is 14.3. The van der Waals surface area contributed by atoms with Crippen molar-refractivity contribution in [2.45, 2.75) is 44.6 Å². The minimum absolute atomic E-state index is 0.0367. The number of halogens is 3. The van der Waals surface area contributed by atoms with E-state index in [0.29, 0.717) is 52.8 Å². The van der Waals surface area contributed by atoms with Gasteiger partial charge < -0.3 is 20.2 Å². The number of nitrogens with one attached hydrogen (secondary N) is 3. The van der Waals surface area contributed by atoms with E-state index in [1.54, 1.807) is 30.3 Å². The minimum Gasteiger partial charge on any atom is -0.451 e. The van der Waals surface area contributed by atoms with Crippen LogP contribution in [0.3, 0.4) is 0 Å². The predicted molar refractivity (Wildman–Crippen MR) is 163 cm³/mol. The van der Waals surface area contributed by atoms with Crippen LogP contribution in [0.2, 0.25) is 0 Å². The number of carbonyl (C=O) groups excluding carboxylic acids is 2. The summed E-state index contributed by atoms with van der Waals surface area (Å²) in [4.78, 5) is 26.5. The highest BCUT2D eigenvalue weighted by Gasteiger charge is 2.30. The molecule has 3 aromatic carbocycles. The van der Waals surface area contributed by atoms with Crippen LogP contribution in [0.5, 0.6) is 0 Å². The Morgan fingerprint density at radius 3 is 2.36 bits per heavy atom. The van der Waals surface area contributed by atoms with Crippen LogP contribution in [0.25, 0.3) is 16.5 Å². The van der Waals surface area contributed by atoms with Gasteiger partial charge in [0.2, 0.25) is 0 Å². The Labute approximate surface area is 252 Å². The molecule has 1 aliphatic rings. The number of allylic oxidation sites excluding steroid dienone is 2. The van der Waals surface area contributed by atoms with Crippen molar-refractivity contribution in [3.63, 3.8) is 0 Å². The average Bonchev–Trinajstić information content (AvgIpc) is 3.46. The molecular formula is C34H32F3N3O4. The second kappa shape index (κ2) is 13.3. The van der Waals surface area contributed by atoms with Gasteiger partial charge in [0.15, 0.2) is 5.76 Å². The SMILES string of the molecule is CCCNC(O)[C@@H](NC(=O)c1cc2cc(NC(=O)C3=CCCC=C3c3ccc(C(F)(F)F)cc3)ccc2o1)c1ccccc1. The largest absolute Gasteiger partial charge is 0.451 e. The third-order valence-electron chi connectivity index (χ3n) is 7.28. The molecule has 10 heteroatoms. The molecule has 0 saturated heterocycles. The van der Waals surface area contributed by atoms with E-state index in [1.807, 2.05) is 43.3 Å². The number of aliphatic hydroxyl groups is 1. The maximum absolute atomic E-state index is 13.3. The number of furan rings is 1. The second-order valence-electron chi connectivity index (χ2n) is 10.5. The van der Waals surface area contributed by atoms with Crippen molar-refractivity contribution >= 4 is 34.0 Å². The zero-order chi connectivity index (χ0) is 31.3. The normalized spacial score (nSPS) is 14.8. The highest BCUT2D eigenvalue weighted by Crippen LogP contribution is 2.34. The molecule has 7 nitrogen and oxygen atoms in total. The number of benzene rings is 3. The lowest BCUT2D eigenvalue weighted by Crippen LogP contribution is -2.44. The monoisotopic (exact) mass is 603 g/mol. The standard InChI is InChI=1S/C34H32F3N3O4/c1-2-18-38-33(43)30(22-8-4-3-5-9-22)40-32(42)29-20-23-19-25(16-17-28(23)44-29)39-31(41)27-11-7-6-10-26(27)21-12-14-24(15-13-21)34(35,36)37/h3-5,8-17,19-20,30,33,38,43H,2,6-7,18H2,1H3,(H,39,41)(H,40,42)/t30-,33?/m0/s1. The summed E-state index contributed by atoms with van der Waals surface area (Å²) in [6.07, 6.45) is 0.238. The van der Waals surface area contributed by atoms with Crippen LogP contribution in [0, 0.1) is 0 Å². The van der Waals surface area contributed by atoms with Crippen LogP contribution in [-0.2, 0) is 11.0 Å². The fraction of sp³-hybridized carbons (Fsp3) is 0.235. The van der Waals surface area contributed by atoms with Crippen molar-refractivity contribution in [3.8, 4) is 0 Å². The molecule has 4 N–H and O–H groups in total. The van der Waals surface area contributed by atoms with Crippen molar-refractivity contribution in [1.82, 2.24) is 10.6 Å². The number of hydrogen-bond acceptors (Lipinski definition) is 5. The molecule has 0 spiro atoms. The van der Waals surface area contributed by atoms with E-state index in [-0.39, 0.29) is 5.76 Å². The Balaban J connectivity index is 1.31. The first-order valence-electron chi connectivity index (χ1n) is 14.3. The molecule has 5 rings (SSSR count). The van der Waals surface area contributed by atoms with E-state index < -0.39 is 35.8 Å². The molecule has 0 saturated carbocycles. The molecule has 1 aromatic heterocycles. The van der Waals surface area contributed by atoms with Gasteiger partial charge in [0.25, 0.3) is 11.8 Å². The molecule has 1 aliphatic carbocycles. The van der Waals surface area contributed by atoms with E-state index in [2.05, 4.69) is 16.0 Å². The van der Waals surface area contributed by atoms with Crippen LogP contribution in [-0.4, -0.2) is 29.7 Å². The molecule has 0 bridgehead atoms. The number of aliphatic hydroxyl groups excluding tert-OH is 1. The van der Waals surface area contributed by atoms with Crippen LogP contribution in [0.1, 0.15) is 59.5 Å². The summed E-state index contributed by atoms with van der Waals surface area (Å²) in [7, 11) is 0. The number of fused-ring (bicyclic) bond motifs is 1. The lowest BCUT2D eigenvalue weighted by Gasteiger charge is -2.25. The molecular weight excluding hydrogens is 571 g/mol. The van der Waals surface area contributed by atoms with Crippen LogP contribution in [0.15, 0.2) is 101 Å². The van der Waals surface area contributed by atoms with Gasteiger partial charge in [-0.15, -0.1) is 0 Å². The highest BCUT2D eigenvalue weighted by molar-refractivity contribution is 6.15. The molecule has 228 valence electrons. The van der Waals surface area contributed by atoms with E-state index in [1.165, 1.54) is 12.1 Å². The van der Waals surface area contributed by atoms with Gasteiger partial charge in [-0.2, -0.15) is 13.2 Å². The van der Waals surface area contributed by atoms with Gasteiger partial charge in [-0.05, 0) is 78.9 Å². The van der Waals surface area contributed by atoms with Crippen LogP contribution < -0.4 is 16.0 Å². The summed E-state index contributed by atoms with van der Waals surface area (Å²) in [5.74, 6) is -0.887. The summed E-state index contributed by atoms with van der Waals surface area (Å²) < 4.78 is 44.9. The average molecular weight is 604 g/mol. The van der Waals surface area contributed by atoms with E-state index in [0.717, 1.165) is 24.1 Å². The van der Waals surface area contributed by atoms with Crippen LogP contribution in [0.4, 0.5) is 18.9 Å². The van der Waals surface area contributed by atoms with Gasteiger partial charge in [0.1, 0.15) is 11.8 Å². The Hall–Kier alpha value is -4.67. The summed E-state index contributed by atoms with van der Waals surface area (Å²) in [6, 6.07) is 19.6. The van der Waals surface area contributed by atoms with Gasteiger partial charge in [-0.3, -0.25) is 14.9 Å². The fourth-order valence-corrected chi connectivity index (χ4v) is 5.06. The molecule has 0 fully saturated rings. The number of carbonyl (C=O) groups is 2. The molecule has 1 unspecified atom stereocenters. The fourth-order valence-electron chi connectivity index (χ4n) is 5.06. The van der Waals surface area contributed by atoms with Crippen molar-refractivity contribution in [2.24, 2.45) is 0 Å². The smallest absolute Gasteiger partial charge is 0.416 e. The van der Waals surface area contributed by atoms with Crippen molar-refractivity contribution < 1.29 is 32.3 Å². The Bertz CT molecular complexity index is 1690. The number of amides is 2. The zero-order valence-electron chi connectivity index (χ0n) is 23.9. The Morgan fingerprint density at radius 2 is 1.66 bits per heavy atom. The van der Waals surface area contributed by atoms with Crippen LogP contribution >= 0.6 is 0 Å². The molecule has 4 aromatic rings. The third-order valence-corrected chi connectivity index (χ3v) is 7.28. The minimum atomic E-state index is -4.45. The van der Waals surface area contributed by atoms with Crippen molar-refractivity contribution in [3.05, 3.63) is 119 Å². The van der Waals surface area contributed by atoms with Gasteiger partial charge >= 0.3 is 6.18 Å². The van der Waals surface area contributed by atoms with Gasteiger partial charge in [-0.25, -0.2) is 0 Å². The summed E-state index contributed by atoms with van der Waals surface area (Å²) in [5.41, 5.74) is 2.30. The van der Waals surface area contributed by atoms with E-state index in [4.69, 9.17) is 4.42 Å². The molecule has 0 radical (unpaired) electrons. The summed E-state index contributed by atoms with van der Waals surface area (Å²) >= 11 is 0. The molecule has 44 heavy (non-hydrogen) atoms. The van der Waals surface area contributed by atoms with Gasteiger partial charge in [0.05, 0.1) is 11.6 Å². The number of rotatable bonds is 10. The number of hydrogen-bond donors (Lipinski definition) is 4. The highest BCUT2D eigenvalue weighted by atomic mass is 19.4. The van der Waals surface area contributed by atoms with Crippen molar-refractivity contribution in [2.75, 3.05) is 11.9 Å². The summed E-state index contributed by atoms with van der Waals surface area (Å²) in [6.45, 7) is 2.54. The first kappa shape index (κ1) is 30.8. The second-order valence-corrected chi connectivity index (χ2v) is 10.5. The zero-order valence-corrected chi connectivity index (χ0v) is 23.9. The third kappa shape index (κ3) is 7.10. The Morgan fingerprint density at radius 1 is 0.932 bits per heavy atom. The van der Waals surface area contributed by atoms with E-state index >= 15 is 0 Å². The number of alkyl halides is 3. The van der Waals surface area contributed by atoms with Gasteiger partial charge in [0, 0.05) is 16.6 Å². The maximum Gasteiger partial charge on any atom is 0.416 e. The first-order chi connectivity index (χ1) is 21.1. The lowest BCUT2D eigenvalue weighted by atomic mass is 9.90. The summed E-state index contributed by atoms with van der Waals surface area (Å²) in [5, 5.41) is 20.0. The predicted octanol–water partition coefficient (Wildman–Crippen LogP) is 6.98. The quantitative estimate of drug-likeness (QED) is 0.147. The molecule has 1 heterocycles.